The number of hydrogen-bond donors (Lipinski definition) is 0. The summed E-state index contributed by atoms with van der Waals surface area (Å²) in [6.07, 6.45) is 13.6. The first-order chi connectivity index (χ1) is 11.1. The van der Waals surface area contributed by atoms with Crippen molar-refractivity contribution in [1.29, 1.82) is 0 Å². The molecule has 0 radical (unpaired) electrons. The molecule has 0 atom stereocenters. The van der Waals surface area contributed by atoms with Crippen LogP contribution in [0.3, 0.4) is 0 Å². The van der Waals surface area contributed by atoms with Crippen molar-refractivity contribution in [2.45, 2.75) is 39.0 Å². The van der Waals surface area contributed by atoms with Crippen LogP contribution in [0.1, 0.15) is 39.0 Å². The summed E-state index contributed by atoms with van der Waals surface area (Å²) in [6.45, 7) is 12.2. The number of allylic oxidation sites excluding steroid dienone is 4. The van der Waals surface area contributed by atoms with Crippen LogP contribution in [0.4, 0.5) is 0 Å². The van der Waals surface area contributed by atoms with E-state index in [9.17, 15) is 15.3 Å². The molecule has 0 unspecified atom stereocenters. The van der Waals surface area contributed by atoms with Gasteiger partial charge in [0.2, 0.25) is 0 Å². The van der Waals surface area contributed by atoms with Crippen molar-refractivity contribution in [2.75, 3.05) is 19.8 Å². The fraction of sp³-hybridized carbons (Fsp3) is 0.474. The summed E-state index contributed by atoms with van der Waals surface area (Å²) >= 11 is 1.60. The fourth-order valence-corrected chi connectivity index (χ4v) is 2.06. The van der Waals surface area contributed by atoms with E-state index in [1.165, 1.54) is 12.8 Å². The van der Waals surface area contributed by atoms with E-state index in [1.807, 2.05) is 0 Å². The molecule has 0 amide bonds. The van der Waals surface area contributed by atoms with Gasteiger partial charge in [0.15, 0.2) is 0 Å². The van der Waals surface area contributed by atoms with Gasteiger partial charge in [0, 0.05) is 0 Å². The Hall–Kier alpha value is -0.537. The molecule has 0 fully saturated rings. The van der Waals surface area contributed by atoms with Crippen molar-refractivity contribution in [2.24, 2.45) is 0 Å². The van der Waals surface area contributed by atoms with Gasteiger partial charge in [-0.2, -0.15) is 0 Å². The average Bonchev–Trinajstić information content (AvgIpc) is 2.97. The molecule has 0 spiro atoms. The first kappa shape index (κ1) is 27.3. The van der Waals surface area contributed by atoms with Gasteiger partial charge in [-0.3, -0.25) is 0 Å². The maximum atomic E-state index is 9.46. The van der Waals surface area contributed by atoms with Crippen LogP contribution < -0.4 is 15.3 Å². The van der Waals surface area contributed by atoms with Crippen molar-refractivity contribution >= 4 is 0 Å². The monoisotopic (exact) mass is 396 g/mol. The van der Waals surface area contributed by atoms with E-state index >= 15 is 0 Å². The van der Waals surface area contributed by atoms with Crippen LogP contribution in [-0.4, -0.2) is 19.8 Å². The summed E-state index contributed by atoms with van der Waals surface area (Å²) in [5.74, 6) is 0. The number of rotatable bonds is 7. The van der Waals surface area contributed by atoms with Gasteiger partial charge < -0.3 is 15.3 Å². The molecule has 23 heavy (non-hydrogen) atoms. The van der Waals surface area contributed by atoms with Crippen LogP contribution in [0.15, 0.2) is 59.0 Å². The molecule has 0 aliphatic heterocycles. The Balaban J connectivity index is -0.000000240. The SMILES string of the molecule is C=CCC[O-].C=CCC[O-].C=CCC[O-].CCC1=[C]([Zr+3])CC=C1. The molecule has 0 bridgehead atoms. The molecule has 0 aromatic rings. The van der Waals surface area contributed by atoms with Crippen LogP contribution in [0.5, 0.6) is 0 Å². The Kier molecular flexibility index (Phi) is 31.3. The molecular formula is C19H30O3Zr. The fourth-order valence-electron chi connectivity index (χ4n) is 1.13. The van der Waals surface area contributed by atoms with Crippen LogP contribution in [0.25, 0.3) is 0 Å². The van der Waals surface area contributed by atoms with Crippen LogP contribution in [0, 0.1) is 0 Å². The molecule has 3 nitrogen and oxygen atoms in total. The molecule has 0 heterocycles. The molecule has 128 valence electrons. The third-order valence-corrected chi connectivity index (χ3v) is 3.67. The summed E-state index contributed by atoms with van der Waals surface area (Å²) in [5.41, 5.74) is 1.57. The number of hydrogen-bond acceptors (Lipinski definition) is 3. The normalized spacial score (nSPS) is 11.2. The van der Waals surface area contributed by atoms with E-state index in [2.05, 4.69) is 38.8 Å². The van der Waals surface area contributed by atoms with Crippen molar-refractivity contribution in [3.63, 3.8) is 0 Å². The molecular weight excluding hydrogens is 367 g/mol. The van der Waals surface area contributed by atoms with Gasteiger partial charge in [0.1, 0.15) is 0 Å². The standard InChI is InChI=1S/C7H9.3C4H7O.Zr/c1-2-7-5-3-4-6-7;3*1-2-3-4-5;/h3,5H,2,4H2,1H3;3*2H,1,3-4H2;/q;3*-1;+3. The minimum absolute atomic E-state index is 0.0243. The van der Waals surface area contributed by atoms with Gasteiger partial charge >= 0.3 is 65.5 Å². The summed E-state index contributed by atoms with van der Waals surface area (Å²) in [6, 6.07) is 0. The van der Waals surface area contributed by atoms with Gasteiger partial charge in [0.05, 0.1) is 0 Å². The second-order valence-electron chi connectivity index (χ2n) is 4.31. The first-order valence-corrected chi connectivity index (χ1v) is 8.99. The third kappa shape index (κ3) is 26.7. The van der Waals surface area contributed by atoms with E-state index < -0.39 is 0 Å². The van der Waals surface area contributed by atoms with E-state index in [1.54, 1.807) is 51.8 Å². The molecule has 0 aromatic heterocycles. The Morgan fingerprint density at radius 1 is 0.957 bits per heavy atom. The van der Waals surface area contributed by atoms with E-state index in [0.29, 0.717) is 19.3 Å². The molecule has 0 aromatic carbocycles. The van der Waals surface area contributed by atoms with Gasteiger partial charge in [0.25, 0.3) is 0 Å². The molecule has 1 aliphatic rings. The zero-order valence-electron chi connectivity index (χ0n) is 14.4. The summed E-state index contributed by atoms with van der Waals surface area (Å²) < 4.78 is 1.64. The summed E-state index contributed by atoms with van der Waals surface area (Å²) in [4.78, 5) is 0. The molecule has 4 heteroatoms. The van der Waals surface area contributed by atoms with E-state index in [-0.39, 0.29) is 19.8 Å². The Morgan fingerprint density at radius 2 is 1.35 bits per heavy atom. The second-order valence-corrected chi connectivity index (χ2v) is 5.79. The quantitative estimate of drug-likeness (QED) is 0.616. The Morgan fingerprint density at radius 3 is 1.43 bits per heavy atom. The first-order valence-electron chi connectivity index (χ1n) is 7.76. The molecule has 1 aliphatic carbocycles. The van der Waals surface area contributed by atoms with Crippen LogP contribution >= 0.6 is 0 Å². The van der Waals surface area contributed by atoms with E-state index in [0.717, 1.165) is 0 Å². The zero-order chi connectivity index (χ0) is 18.3. The second kappa shape index (κ2) is 26.4. The van der Waals surface area contributed by atoms with Crippen molar-refractivity contribution in [3.05, 3.63) is 59.0 Å². The average molecular weight is 398 g/mol. The molecule has 0 saturated heterocycles. The van der Waals surface area contributed by atoms with Crippen LogP contribution in [-0.2, 0) is 24.7 Å². The van der Waals surface area contributed by atoms with E-state index in [4.69, 9.17) is 0 Å². The van der Waals surface area contributed by atoms with Gasteiger partial charge in [-0.15, -0.1) is 39.6 Å². The Labute approximate surface area is 157 Å². The van der Waals surface area contributed by atoms with Gasteiger partial charge in [-0.05, 0) is 0 Å². The molecule has 1 rings (SSSR count). The van der Waals surface area contributed by atoms with Gasteiger partial charge in [-0.25, -0.2) is 0 Å². The van der Waals surface area contributed by atoms with Crippen LogP contribution in [0.2, 0.25) is 0 Å². The van der Waals surface area contributed by atoms with Crippen molar-refractivity contribution in [1.82, 2.24) is 0 Å². The topological polar surface area (TPSA) is 69.2 Å². The molecule has 0 saturated carbocycles. The van der Waals surface area contributed by atoms with Crippen molar-refractivity contribution < 1.29 is 40.0 Å². The zero-order valence-corrected chi connectivity index (χ0v) is 16.8. The minimum atomic E-state index is -0.0243. The Bertz CT molecular complexity index is 310. The third-order valence-electron chi connectivity index (χ3n) is 2.38. The van der Waals surface area contributed by atoms with Crippen molar-refractivity contribution in [3.8, 4) is 0 Å². The predicted molar refractivity (Wildman–Crippen MR) is 90.1 cm³/mol. The maximum absolute atomic E-state index is 9.46. The van der Waals surface area contributed by atoms with Gasteiger partial charge in [-0.1, -0.05) is 37.5 Å². The summed E-state index contributed by atoms with van der Waals surface area (Å²) in [7, 11) is 0. The molecule has 0 N–H and O–H groups in total. The predicted octanol–water partition coefficient (Wildman–Crippen LogP) is 1.93. The summed E-state index contributed by atoms with van der Waals surface area (Å²) in [5, 5.41) is 28.4.